The highest BCUT2D eigenvalue weighted by Crippen LogP contribution is 2.34. The third kappa shape index (κ3) is 5.16. The van der Waals surface area contributed by atoms with Gasteiger partial charge in [0, 0.05) is 11.3 Å². The van der Waals surface area contributed by atoms with E-state index in [4.69, 9.17) is 10.5 Å². The lowest BCUT2D eigenvalue weighted by Crippen LogP contribution is -2.49. The Hall–Kier alpha value is -3.51. The first-order chi connectivity index (χ1) is 15.0. The molecular weight excluding hydrogens is 392 g/mol. The Labute approximate surface area is 181 Å². The van der Waals surface area contributed by atoms with Crippen LogP contribution in [0.25, 0.3) is 0 Å². The molecule has 0 fully saturated rings. The second-order valence-corrected chi connectivity index (χ2v) is 7.37. The van der Waals surface area contributed by atoms with Gasteiger partial charge in [-0.25, -0.2) is 0 Å². The predicted octanol–water partition coefficient (Wildman–Crippen LogP) is 2.95. The van der Waals surface area contributed by atoms with Crippen LogP contribution in [0, 0.1) is 5.41 Å². The fourth-order valence-corrected chi connectivity index (χ4v) is 3.51. The van der Waals surface area contributed by atoms with Crippen molar-refractivity contribution in [3.05, 3.63) is 95.7 Å². The second kappa shape index (κ2) is 10.00. The summed E-state index contributed by atoms with van der Waals surface area (Å²) in [6, 6.07) is 17.3. The number of carbonyl (C=O) groups is 3. The van der Waals surface area contributed by atoms with Gasteiger partial charge in [0.1, 0.15) is 5.41 Å². The predicted molar refractivity (Wildman–Crippen MR) is 118 cm³/mol. The summed E-state index contributed by atoms with van der Waals surface area (Å²) < 4.78 is 5.21. The average Bonchev–Trinajstić information content (AvgIpc) is 2.80. The Balaban J connectivity index is 1.77. The molecule has 160 valence electrons. The maximum atomic E-state index is 13.3. The molecule has 6 nitrogen and oxygen atoms in total. The normalized spacial score (nSPS) is 18.6. The van der Waals surface area contributed by atoms with E-state index in [2.05, 4.69) is 5.32 Å². The number of rotatable bonds is 8. The van der Waals surface area contributed by atoms with Crippen LogP contribution in [0.2, 0.25) is 0 Å². The molecule has 0 aromatic heterocycles. The lowest BCUT2D eigenvalue weighted by molar-refractivity contribution is -0.157. The summed E-state index contributed by atoms with van der Waals surface area (Å²) in [5.41, 5.74) is 6.64. The van der Waals surface area contributed by atoms with Crippen molar-refractivity contribution in [1.29, 1.82) is 0 Å². The summed E-state index contributed by atoms with van der Waals surface area (Å²) in [7, 11) is 0. The second-order valence-electron chi connectivity index (χ2n) is 7.37. The molecule has 0 bridgehead atoms. The molecule has 0 spiro atoms. The fourth-order valence-electron chi connectivity index (χ4n) is 3.51. The minimum atomic E-state index is -1.51. The number of allylic oxidation sites excluding steroid dienone is 2. The maximum Gasteiger partial charge on any atom is 0.323 e. The van der Waals surface area contributed by atoms with Crippen LogP contribution in [0.3, 0.4) is 0 Å². The Morgan fingerprint density at radius 3 is 2.29 bits per heavy atom. The first kappa shape index (κ1) is 22.2. The van der Waals surface area contributed by atoms with E-state index in [1.165, 1.54) is 6.08 Å². The van der Waals surface area contributed by atoms with E-state index in [1.807, 2.05) is 36.4 Å². The van der Waals surface area contributed by atoms with Crippen molar-refractivity contribution in [3.63, 3.8) is 0 Å². The molecule has 1 unspecified atom stereocenters. The fraction of sp³-hybridized carbons (Fsp3) is 0.240. The molecule has 1 aliphatic carbocycles. The average molecular weight is 418 g/mol. The van der Waals surface area contributed by atoms with E-state index < -0.39 is 23.2 Å². The molecule has 0 aliphatic heterocycles. The smallest absolute Gasteiger partial charge is 0.323 e. The van der Waals surface area contributed by atoms with Crippen molar-refractivity contribution in [2.45, 2.75) is 25.8 Å². The van der Waals surface area contributed by atoms with Gasteiger partial charge in [-0.1, -0.05) is 60.7 Å². The number of nitrogens with two attached hydrogens (primary N) is 1. The molecule has 0 saturated heterocycles. The minimum Gasteiger partial charge on any atom is -0.465 e. The van der Waals surface area contributed by atoms with Crippen LogP contribution in [0.1, 0.15) is 29.3 Å². The highest BCUT2D eigenvalue weighted by Gasteiger charge is 2.47. The van der Waals surface area contributed by atoms with Gasteiger partial charge in [-0.05, 0) is 43.5 Å². The molecule has 1 aliphatic rings. The largest absolute Gasteiger partial charge is 0.465 e. The van der Waals surface area contributed by atoms with Crippen molar-refractivity contribution < 1.29 is 19.1 Å². The molecule has 2 atom stereocenters. The van der Waals surface area contributed by atoms with Gasteiger partial charge >= 0.3 is 5.97 Å². The van der Waals surface area contributed by atoms with Crippen LogP contribution in [-0.2, 0) is 20.7 Å². The summed E-state index contributed by atoms with van der Waals surface area (Å²) in [5.74, 6) is -1.31. The summed E-state index contributed by atoms with van der Waals surface area (Å²) in [5, 5.41) is 2.79. The molecule has 3 rings (SSSR count). The van der Waals surface area contributed by atoms with Crippen molar-refractivity contribution in [3.8, 4) is 0 Å². The molecule has 2 aromatic carbocycles. The van der Waals surface area contributed by atoms with Gasteiger partial charge in [0.2, 0.25) is 0 Å². The molecule has 0 heterocycles. The van der Waals surface area contributed by atoms with E-state index >= 15 is 0 Å². The first-order valence-corrected chi connectivity index (χ1v) is 10.2. The number of ether oxygens (including phenoxy) is 1. The lowest BCUT2D eigenvalue weighted by Gasteiger charge is -2.31. The van der Waals surface area contributed by atoms with Crippen molar-refractivity contribution in [2.75, 3.05) is 6.61 Å². The third-order valence-corrected chi connectivity index (χ3v) is 5.20. The monoisotopic (exact) mass is 418 g/mol. The summed E-state index contributed by atoms with van der Waals surface area (Å²) in [4.78, 5) is 38.5. The lowest BCUT2D eigenvalue weighted by atomic mass is 9.74. The Morgan fingerprint density at radius 2 is 1.71 bits per heavy atom. The molecule has 2 aromatic rings. The zero-order valence-corrected chi connectivity index (χ0v) is 17.4. The Bertz CT molecular complexity index is 999. The van der Waals surface area contributed by atoms with Gasteiger partial charge in [0.25, 0.3) is 5.91 Å². The van der Waals surface area contributed by atoms with Crippen LogP contribution in [0.5, 0.6) is 0 Å². The van der Waals surface area contributed by atoms with Crippen LogP contribution in [0.15, 0.2) is 84.6 Å². The highest BCUT2D eigenvalue weighted by atomic mass is 16.5. The summed E-state index contributed by atoms with van der Waals surface area (Å²) in [6.45, 7) is 1.84. The van der Waals surface area contributed by atoms with Crippen LogP contribution in [-0.4, -0.2) is 30.3 Å². The van der Waals surface area contributed by atoms with E-state index in [0.717, 1.165) is 5.56 Å². The van der Waals surface area contributed by atoms with E-state index in [9.17, 15) is 14.4 Å². The molecule has 0 saturated carbocycles. The number of esters is 1. The number of ketones is 1. The number of carbonyl (C=O) groups excluding carboxylic acids is 3. The van der Waals surface area contributed by atoms with E-state index in [0.29, 0.717) is 17.7 Å². The minimum absolute atomic E-state index is 0.0636. The molecule has 3 N–H and O–H groups in total. The van der Waals surface area contributed by atoms with Crippen LogP contribution in [0.4, 0.5) is 0 Å². The van der Waals surface area contributed by atoms with Crippen molar-refractivity contribution in [2.24, 2.45) is 11.1 Å². The third-order valence-electron chi connectivity index (χ3n) is 5.20. The Morgan fingerprint density at radius 1 is 1.06 bits per heavy atom. The Kier molecular flexibility index (Phi) is 7.15. The molecule has 6 heteroatoms. The van der Waals surface area contributed by atoms with Gasteiger partial charge in [-0.3, -0.25) is 14.4 Å². The van der Waals surface area contributed by atoms with Gasteiger partial charge < -0.3 is 15.8 Å². The van der Waals surface area contributed by atoms with Crippen LogP contribution < -0.4 is 11.1 Å². The van der Waals surface area contributed by atoms with Gasteiger partial charge in [-0.15, -0.1) is 0 Å². The van der Waals surface area contributed by atoms with Crippen molar-refractivity contribution >= 4 is 17.7 Å². The number of nitrogens with one attached hydrogen (secondary N) is 1. The topological polar surface area (TPSA) is 98.5 Å². The molecule has 1 amide bonds. The maximum absolute atomic E-state index is 13.3. The van der Waals surface area contributed by atoms with Crippen molar-refractivity contribution in [1.82, 2.24) is 5.32 Å². The number of Topliss-reactive ketones (excluding diaryl/α,β-unsaturated/α-hetero) is 1. The standard InChI is InChI=1S/C25H26N2O4/c1-2-31-24(30)25(22(28)21(26)17-18-9-5-3-6-10-18)15-13-20(14-16-25)27-23(29)19-11-7-4-8-12-19/h3-15,21H,2,16-17,26H2,1H3,(H,27,29)/t21-,25?/m0/s1. The van der Waals surface area contributed by atoms with Gasteiger partial charge in [0.15, 0.2) is 5.78 Å². The SMILES string of the molecule is CCOC(=O)C1(C(=O)[C@@H](N)Cc2ccccc2)C=CC(NC(=O)c2ccccc2)=CC1. The zero-order valence-electron chi connectivity index (χ0n) is 17.4. The first-order valence-electron chi connectivity index (χ1n) is 10.2. The number of hydrogen-bond donors (Lipinski definition) is 2. The molecular formula is C25H26N2O4. The van der Waals surface area contributed by atoms with E-state index in [-0.39, 0.29) is 18.9 Å². The number of amides is 1. The summed E-state index contributed by atoms with van der Waals surface area (Å²) >= 11 is 0. The quantitative estimate of drug-likeness (QED) is 0.507. The highest BCUT2D eigenvalue weighted by molar-refractivity contribution is 6.09. The molecule has 0 radical (unpaired) electrons. The number of hydrogen-bond acceptors (Lipinski definition) is 5. The number of benzene rings is 2. The zero-order chi connectivity index (χ0) is 22.3. The van der Waals surface area contributed by atoms with Crippen LogP contribution >= 0.6 is 0 Å². The van der Waals surface area contributed by atoms with Gasteiger partial charge in [-0.2, -0.15) is 0 Å². The molecule has 31 heavy (non-hydrogen) atoms. The summed E-state index contributed by atoms with van der Waals surface area (Å²) in [6.07, 6.45) is 5.10. The van der Waals surface area contributed by atoms with E-state index in [1.54, 1.807) is 43.3 Å². The van der Waals surface area contributed by atoms with Gasteiger partial charge in [0.05, 0.1) is 12.6 Å².